The number of rotatable bonds is 3. The Kier molecular flexibility index (Phi) is 3.01. The summed E-state index contributed by atoms with van der Waals surface area (Å²) in [6, 6.07) is 9.62. The predicted molar refractivity (Wildman–Crippen MR) is 73.6 cm³/mol. The third-order valence-corrected chi connectivity index (χ3v) is 3.30. The molecule has 1 aliphatic rings. The zero-order valence-electron chi connectivity index (χ0n) is 10.7. The highest BCUT2D eigenvalue weighted by Gasteiger charge is 2.29. The van der Waals surface area contributed by atoms with E-state index in [1.165, 1.54) is 0 Å². The largest absolute Gasteiger partial charge is 0.324 e. The Morgan fingerprint density at radius 1 is 1.26 bits per heavy atom. The molecule has 3 rings (SSSR count). The first-order valence-electron chi connectivity index (χ1n) is 6.28. The van der Waals surface area contributed by atoms with Gasteiger partial charge in [0.1, 0.15) is 6.04 Å². The monoisotopic (exact) mass is 253 g/mol. The average Bonchev–Trinajstić information content (AvgIpc) is 2.73. The van der Waals surface area contributed by atoms with Gasteiger partial charge in [-0.1, -0.05) is 17.7 Å². The van der Waals surface area contributed by atoms with Crippen molar-refractivity contribution in [3.8, 4) is 0 Å². The average molecular weight is 253 g/mol. The first kappa shape index (κ1) is 11.9. The molecule has 2 heterocycles. The number of carbonyl (C=O) groups excluding carboxylic acids is 1. The Hall–Kier alpha value is -2.20. The summed E-state index contributed by atoms with van der Waals surface area (Å²) in [5.41, 5.74) is 4.21. The van der Waals surface area contributed by atoms with Gasteiger partial charge in [0.25, 0.3) is 0 Å². The number of fused-ring (bicyclic) bond motifs is 1. The highest BCUT2D eigenvalue weighted by Crippen LogP contribution is 2.31. The van der Waals surface area contributed by atoms with Crippen LogP contribution in [0.2, 0.25) is 0 Å². The molecule has 96 valence electrons. The number of carbonyl (C=O) groups is 1. The molecule has 0 radical (unpaired) electrons. The van der Waals surface area contributed by atoms with Crippen LogP contribution in [0.5, 0.6) is 0 Å². The Labute approximate surface area is 111 Å². The van der Waals surface area contributed by atoms with Gasteiger partial charge in [-0.25, -0.2) is 0 Å². The lowest BCUT2D eigenvalue weighted by molar-refractivity contribution is -0.117. The van der Waals surface area contributed by atoms with Gasteiger partial charge >= 0.3 is 0 Å². The molecule has 1 amide bonds. The smallest absolute Gasteiger partial charge is 0.246 e. The lowest BCUT2D eigenvalue weighted by Gasteiger charge is -2.11. The molecule has 4 heteroatoms. The van der Waals surface area contributed by atoms with E-state index >= 15 is 0 Å². The summed E-state index contributed by atoms with van der Waals surface area (Å²) >= 11 is 0. The number of aromatic nitrogens is 1. The van der Waals surface area contributed by atoms with E-state index in [0.717, 1.165) is 22.4 Å². The van der Waals surface area contributed by atoms with Crippen molar-refractivity contribution in [1.82, 2.24) is 10.3 Å². The molecule has 1 atom stereocenters. The van der Waals surface area contributed by atoms with E-state index in [1.54, 1.807) is 12.4 Å². The van der Waals surface area contributed by atoms with E-state index in [4.69, 9.17) is 0 Å². The van der Waals surface area contributed by atoms with Crippen molar-refractivity contribution in [3.63, 3.8) is 0 Å². The van der Waals surface area contributed by atoms with Crippen LogP contribution < -0.4 is 10.6 Å². The number of aryl methyl sites for hydroxylation is 1. The van der Waals surface area contributed by atoms with Gasteiger partial charge in [0, 0.05) is 30.2 Å². The van der Waals surface area contributed by atoms with Crippen LogP contribution in [0.4, 0.5) is 5.69 Å². The number of benzene rings is 1. The lowest BCUT2D eigenvalue weighted by Crippen LogP contribution is -2.27. The molecule has 0 fully saturated rings. The van der Waals surface area contributed by atoms with Crippen LogP contribution in [-0.4, -0.2) is 10.9 Å². The van der Waals surface area contributed by atoms with Crippen LogP contribution in [0.15, 0.2) is 42.7 Å². The quantitative estimate of drug-likeness (QED) is 0.881. The molecule has 0 aliphatic carbocycles. The summed E-state index contributed by atoms with van der Waals surface area (Å²) in [5, 5.41) is 6.19. The Bertz CT molecular complexity index is 610. The third kappa shape index (κ3) is 2.35. The number of amides is 1. The standard InChI is InChI=1S/C15H15N3O/c1-10-2-3-13-12(8-10)14(15(19)18-13)17-9-11-4-6-16-7-5-11/h2-8,14,17H,9H2,1H3,(H,18,19). The number of anilines is 1. The second-order valence-corrected chi connectivity index (χ2v) is 4.75. The van der Waals surface area contributed by atoms with Crippen LogP contribution in [0, 0.1) is 6.92 Å². The molecule has 1 aliphatic heterocycles. The Morgan fingerprint density at radius 2 is 2.05 bits per heavy atom. The van der Waals surface area contributed by atoms with Gasteiger partial charge in [0.15, 0.2) is 0 Å². The molecular formula is C15H15N3O. The minimum atomic E-state index is -0.275. The van der Waals surface area contributed by atoms with Gasteiger partial charge in [-0.15, -0.1) is 0 Å². The van der Waals surface area contributed by atoms with Crippen LogP contribution in [0.3, 0.4) is 0 Å². The van der Waals surface area contributed by atoms with Gasteiger partial charge in [-0.05, 0) is 30.7 Å². The van der Waals surface area contributed by atoms with E-state index in [2.05, 4.69) is 21.7 Å². The maximum atomic E-state index is 12.0. The van der Waals surface area contributed by atoms with Crippen molar-refractivity contribution in [2.45, 2.75) is 19.5 Å². The maximum absolute atomic E-state index is 12.0. The summed E-state index contributed by atoms with van der Waals surface area (Å²) in [5.74, 6) is 0.00894. The van der Waals surface area contributed by atoms with E-state index in [9.17, 15) is 4.79 Å². The number of hydrogen-bond acceptors (Lipinski definition) is 3. The molecule has 2 aromatic rings. The van der Waals surface area contributed by atoms with Crippen molar-refractivity contribution in [3.05, 3.63) is 59.4 Å². The van der Waals surface area contributed by atoms with Crippen molar-refractivity contribution in [2.75, 3.05) is 5.32 Å². The first-order chi connectivity index (χ1) is 9.24. The van der Waals surface area contributed by atoms with Crippen molar-refractivity contribution < 1.29 is 4.79 Å². The first-order valence-corrected chi connectivity index (χ1v) is 6.28. The summed E-state index contributed by atoms with van der Waals surface area (Å²) in [7, 11) is 0. The van der Waals surface area contributed by atoms with Crippen molar-refractivity contribution in [1.29, 1.82) is 0 Å². The topological polar surface area (TPSA) is 54.0 Å². The van der Waals surface area contributed by atoms with Gasteiger partial charge in [-0.3, -0.25) is 15.1 Å². The third-order valence-electron chi connectivity index (χ3n) is 3.30. The summed E-state index contributed by atoms with van der Waals surface area (Å²) < 4.78 is 0. The van der Waals surface area contributed by atoms with E-state index in [-0.39, 0.29) is 11.9 Å². The van der Waals surface area contributed by atoms with Gasteiger partial charge < -0.3 is 5.32 Å². The SMILES string of the molecule is Cc1ccc2c(c1)C(NCc1ccncc1)C(=O)N2. The Balaban J connectivity index is 1.79. The van der Waals surface area contributed by atoms with Crippen molar-refractivity contribution in [2.24, 2.45) is 0 Å². The number of nitrogens with zero attached hydrogens (tertiary/aromatic N) is 1. The summed E-state index contributed by atoms with van der Waals surface area (Å²) in [6.45, 7) is 2.68. The highest BCUT2D eigenvalue weighted by atomic mass is 16.2. The fraction of sp³-hybridized carbons (Fsp3) is 0.200. The van der Waals surface area contributed by atoms with Gasteiger partial charge in [0.2, 0.25) is 5.91 Å². The fourth-order valence-corrected chi connectivity index (χ4v) is 2.30. The summed E-state index contributed by atoms with van der Waals surface area (Å²) in [6.07, 6.45) is 3.51. The van der Waals surface area contributed by atoms with E-state index < -0.39 is 0 Å². The summed E-state index contributed by atoms with van der Waals surface area (Å²) in [4.78, 5) is 16.0. The lowest BCUT2D eigenvalue weighted by atomic mass is 10.1. The maximum Gasteiger partial charge on any atom is 0.246 e. The van der Waals surface area contributed by atoms with Crippen LogP contribution in [0.25, 0.3) is 0 Å². The molecule has 0 spiro atoms. The minimum absolute atomic E-state index is 0.00894. The van der Waals surface area contributed by atoms with E-state index in [0.29, 0.717) is 6.54 Å². The van der Waals surface area contributed by atoms with Gasteiger partial charge in [-0.2, -0.15) is 0 Å². The number of hydrogen-bond donors (Lipinski definition) is 2. The highest BCUT2D eigenvalue weighted by molar-refractivity contribution is 6.02. The molecule has 0 bridgehead atoms. The fourth-order valence-electron chi connectivity index (χ4n) is 2.30. The molecular weight excluding hydrogens is 238 g/mol. The molecule has 4 nitrogen and oxygen atoms in total. The minimum Gasteiger partial charge on any atom is -0.324 e. The van der Waals surface area contributed by atoms with Gasteiger partial charge in [0.05, 0.1) is 0 Å². The number of nitrogens with one attached hydrogen (secondary N) is 2. The molecule has 2 N–H and O–H groups in total. The molecule has 0 saturated heterocycles. The second kappa shape index (κ2) is 4.82. The molecule has 19 heavy (non-hydrogen) atoms. The zero-order valence-corrected chi connectivity index (χ0v) is 10.7. The van der Waals surface area contributed by atoms with Crippen LogP contribution in [0.1, 0.15) is 22.7 Å². The van der Waals surface area contributed by atoms with Crippen LogP contribution in [-0.2, 0) is 11.3 Å². The molecule has 1 aromatic carbocycles. The molecule has 1 aromatic heterocycles. The second-order valence-electron chi connectivity index (χ2n) is 4.75. The Morgan fingerprint density at radius 3 is 2.84 bits per heavy atom. The van der Waals surface area contributed by atoms with Crippen molar-refractivity contribution >= 4 is 11.6 Å². The predicted octanol–water partition coefficient (Wildman–Crippen LogP) is 2.17. The molecule has 0 saturated carbocycles. The molecule has 1 unspecified atom stereocenters. The van der Waals surface area contributed by atoms with Crippen LogP contribution >= 0.6 is 0 Å². The zero-order chi connectivity index (χ0) is 13.2. The normalized spacial score (nSPS) is 17.1. The number of pyridine rings is 1. The van der Waals surface area contributed by atoms with E-state index in [1.807, 2.05) is 31.2 Å².